The molecule has 0 aliphatic carbocycles. The zero-order valence-electron chi connectivity index (χ0n) is 17.9. The average Bonchev–Trinajstić information content (AvgIpc) is 3.19. The number of carbonyl (C=O) groups excluding carboxylic acids is 1. The summed E-state index contributed by atoms with van der Waals surface area (Å²) in [4.78, 5) is 27.0. The van der Waals surface area contributed by atoms with Crippen molar-refractivity contribution in [2.24, 2.45) is 0 Å². The number of nitrogens with one attached hydrogen (secondary N) is 1. The van der Waals surface area contributed by atoms with Crippen molar-refractivity contribution in [3.8, 4) is 11.1 Å². The largest absolute Gasteiger partial charge is 0.353 e. The SMILES string of the molecule is CCC(C)NC(=O)CN1CCN(c2ncnc3scc(-c4ccc(C)cc4)c23)CC1. The molecule has 3 heterocycles. The molecule has 1 amide bonds. The molecule has 0 spiro atoms. The fraction of sp³-hybridized carbons (Fsp3) is 0.435. The van der Waals surface area contributed by atoms with Gasteiger partial charge >= 0.3 is 0 Å². The molecule has 3 aromatic rings. The summed E-state index contributed by atoms with van der Waals surface area (Å²) in [6.07, 6.45) is 2.62. The van der Waals surface area contributed by atoms with Gasteiger partial charge in [-0.2, -0.15) is 0 Å². The number of carbonyl (C=O) groups is 1. The molecule has 1 saturated heterocycles. The molecule has 2 aromatic heterocycles. The number of rotatable bonds is 6. The van der Waals surface area contributed by atoms with Crippen LogP contribution in [0.25, 0.3) is 21.3 Å². The van der Waals surface area contributed by atoms with Crippen LogP contribution in [0.4, 0.5) is 5.82 Å². The van der Waals surface area contributed by atoms with Crippen LogP contribution in [-0.2, 0) is 4.79 Å². The second-order valence-electron chi connectivity index (χ2n) is 8.03. The van der Waals surface area contributed by atoms with E-state index in [4.69, 9.17) is 0 Å². The van der Waals surface area contributed by atoms with Crippen molar-refractivity contribution in [3.05, 3.63) is 41.5 Å². The van der Waals surface area contributed by atoms with E-state index >= 15 is 0 Å². The minimum Gasteiger partial charge on any atom is -0.353 e. The summed E-state index contributed by atoms with van der Waals surface area (Å²) >= 11 is 1.67. The van der Waals surface area contributed by atoms with Gasteiger partial charge in [0.2, 0.25) is 5.91 Å². The smallest absolute Gasteiger partial charge is 0.234 e. The van der Waals surface area contributed by atoms with Crippen LogP contribution in [-0.4, -0.2) is 59.5 Å². The van der Waals surface area contributed by atoms with Gasteiger partial charge in [0.25, 0.3) is 0 Å². The van der Waals surface area contributed by atoms with Crippen LogP contribution in [0.3, 0.4) is 0 Å². The summed E-state index contributed by atoms with van der Waals surface area (Å²) in [5.74, 6) is 1.11. The number of piperazine rings is 1. The van der Waals surface area contributed by atoms with Crippen LogP contribution in [0.15, 0.2) is 36.0 Å². The van der Waals surface area contributed by atoms with Crippen LogP contribution in [0.5, 0.6) is 0 Å². The molecule has 1 fully saturated rings. The minimum atomic E-state index is 0.113. The highest BCUT2D eigenvalue weighted by molar-refractivity contribution is 7.17. The van der Waals surface area contributed by atoms with E-state index in [0.29, 0.717) is 6.54 Å². The van der Waals surface area contributed by atoms with E-state index in [-0.39, 0.29) is 11.9 Å². The minimum absolute atomic E-state index is 0.113. The van der Waals surface area contributed by atoms with Gasteiger partial charge in [0.1, 0.15) is 17.0 Å². The Labute approximate surface area is 181 Å². The van der Waals surface area contributed by atoms with Gasteiger partial charge in [-0.15, -0.1) is 11.3 Å². The van der Waals surface area contributed by atoms with Crippen molar-refractivity contribution in [2.45, 2.75) is 33.2 Å². The molecule has 7 heteroatoms. The first-order chi connectivity index (χ1) is 14.5. The van der Waals surface area contributed by atoms with E-state index in [1.54, 1.807) is 17.7 Å². The Balaban J connectivity index is 1.50. The van der Waals surface area contributed by atoms with Crippen molar-refractivity contribution in [2.75, 3.05) is 37.6 Å². The van der Waals surface area contributed by atoms with Gasteiger partial charge in [0, 0.05) is 43.2 Å². The Bertz CT molecular complexity index is 1010. The second kappa shape index (κ2) is 9.10. The van der Waals surface area contributed by atoms with E-state index in [1.807, 2.05) is 6.92 Å². The number of anilines is 1. The molecule has 1 aliphatic heterocycles. The normalized spacial score (nSPS) is 16.0. The van der Waals surface area contributed by atoms with Gasteiger partial charge in [0.15, 0.2) is 0 Å². The summed E-state index contributed by atoms with van der Waals surface area (Å²) in [6, 6.07) is 8.85. The zero-order chi connectivity index (χ0) is 21.1. The Morgan fingerprint density at radius 1 is 1.17 bits per heavy atom. The van der Waals surface area contributed by atoms with E-state index in [0.717, 1.165) is 48.6 Å². The summed E-state index contributed by atoms with van der Waals surface area (Å²) in [7, 11) is 0. The van der Waals surface area contributed by atoms with Gasteiger partial charge in [0.05, 0.1) is 11.9 Å². The molecule has 1 unspecified atom stereocenters. The topological polar surface area (TPSA) is 61.4 Å². The number of nitrogens with zero attached hydrogens (tertiary/aromatic N) is 4. The standard InChI is InChI=1S/C23H29N5OS/c1-4-17(3)26-20(29)13-27-9-11-28(12-10-27)22-21-19(14-30-23(21)25-15-24-22)18-7-5-16(2)6-8-18/h5-8,14-15,17H,4,9-13H2,1-3H3,(H,26,29). The van der Waals surface area contributed by atoms with E-state index in [1.165, 1.54) is 16.7 Å². The number of hydrogen-bond donors (Lipinski definition) is 1. The third-order valence-electron chi connectivity index (χ3n) is 5.77. The van der Waals surface area contributed by atoms with Crippen molar-refractivity contribution < 1.29 is 4.79 Å². The summed E-state index contributed by atoms with van der Waals surface area (Å²) in [6.45, 7) is 10.1. The van der Waals surface area contributed by atoms with Crippen LogP contribution in [0.1, 0.15) is 25.8 Å². The maximum Gasteiger partial charge on any atom is 0.234 e. The van der Waals surface area contributed by atoms with Crippen molar-refractivity contribution >= 4 is 33.3 Å². The van der Waals surface area contributed by atoms with Crippen LogP contribution in [0, 0.1) is 6.92 Å². The molecule has 1 aromatic carbocycles. The molecule has 0 bridgehead atoms. The van der Waals surface area contributed by atoms with Gasteiger partial charge in [-0.05, 0) is 25.8 Å². The highest BCUT2D eigenvalue weighted by Crippen LogP contribution is 2.38. The third-order valence-corrected chi connectivity index (χ3v) is 6.66. The molecule has 30 heavy (non-hydrogen) atoms. The molecule has 1 atom stereocenters. The highest BCUT2D eigenvalue weighted by atomic mass is 32.1. The number of fused-ring (bicyclic) bond motifs is 1. The Kier molecular flexibility index (Phi) is 6.29. The lowest BCUT2D eigenvalue weighted by molar-refractivity contribution is -0.122. The molecule has 6 nitrogen and oxygen atoms in total. The molecule has 4 rings (SSSR count). The fourth-order valence-corrected chi connectivity index (χ4v) is 4.70. The molecule has 0 saturated carbocycles. The zero-order valence-corrected chi connectivity index (χ0v) is 18.7. The molecule has 158 valence electrons. The molecular formula is C23H29N5OS. The van der Waals surface area contributed by atoms with E-state index < -0.39 is 0 Å². The maximum absolute atomic E-state index is 12.2. The first-order valence-corrected chi connectivity index (χ1v) is 11.5. The number of thiophene rings is 1. The van der Waals surface area contributed by atoms with E-state index in [2.05, 4.69) is 68.6 Å². The van der Waals surface area contributed by atoms with Crippen LogP contribution >= 0.6 is 11.3 Å². The third kappa shape index (κ3) is 4.47. The van der Waals surface area contributed by atoms with Crippen LogP contribution in [0.2, 0.25) is 0 Å². The Hall–Kier alpha value is -2.51. The Morgan fingerprint density at radius 2 is 1.90 bits per heavy atom. The van der Waals surface area contributed by atoms with Gasteiger partial charge in [-0.1, -0.05) is 36.8 Å². The number of aromatic nitrogens is 2. The highest BCUT2D eigenvalue weighted by Gasteiger charge is 2.23. The van der Waals surface area contributed by atoms with Crippen molar-refractivity contribution in [3.63, 3.8) is 0 Å². The van der Waals surface area contributed by atoms with Crippen molar-refractivity contribution in [1.29, 1.82) is 0 Å². The number of aryl methyl sites for hydroxylation is 1. The number of hydrogen-bond acceptors (Lipinski definition) is 6. The molecular weight excluding hydrogens is 394 g/mol. The molecule has 1 aliphatic rings. The summed E-state index contributed by atoms with van der Waals surface area (Å²) in [5, 5.41) is 6.37. The quantitative estimate of drug-likeness (QED) is 0.655. The van der Waals surface area contributed by atoms with E-state index in [9.17, 15) is 4.79 Å². The first-order valence-electron chi connectivity index (χ1n) is 10.6. The monoisotopic (exact) mass is 423 g/mol. The predicted molar refractivity (Wildman–Crippen MR) is 124 cm³/mol. The van der Waals surface area contributed by atoms with Gasteiger partial charge in [-0.25, -0.2) is 9.97 Å². The summed E-state index contributed by atoms with van der Waals surface area (Å²) in [5.41, 5.74) is 3.65. The van der Waals surface area contributed by atoms with Crippen LogP contribution < -0.4 is 10.2 Å². The van der Waals surface area contributed by atoms with Crippen molar-refractivity contribution in [1.82, 2.24) is 20.2 Å². The maximum atomic E-state index is 12.2. The lowest BCUT2D eigenvalue weighted by Crippen LogP contribution is -2.50. The first kappa shape index (κ1) is 20.8. The lowest BCUT2D eigenvalue weighted by Gasteiger charge is -2.35. The molecule has 0 radical (unpaired) electrons. The lowest BCUT2D eigenvalue weighted by atomic mass is 10.0. The number of amides is 1. The Morgan fingerprint density at radius 3 is 2.60 bits per heavy atom. The predicted octanol–water partition coefficient (Wildman–Crippen LogP) is 3.70. The van der Waals surface area contributed by atoms with Gasteiger partial charge in [-0.3, -0.25) is 9.69 Å². The average molecular weight is 424 g/mol. The van der Waals surface area contributed by atoms with Gasteiger partial charge < -0.3 is 10.2 Å². The number of benzene rings is 1. The molecule has 1 N–H and O–H groups in total. The second-order valence-corrected chi connectivity index (χ2v) is 8.89. The fourth-order valence-electron chi connectivity index (χ4n) is 3.79. The summed E-state index contributed by atoms with van der Waals surface area (Å²) < 4.78 is 0.